The highest BCUT2D eigenvalue weighted by Gasteiger charge is 2.34. The fourth-order valence-corrected chi connectivity index (χ4v) is 2.56. The SMILES string of the molecule is CCC1(NCc2cnc3cnccn23)CCC1. The Morgan fingerprint density at radius 2 is 2.29 bits per heavy atom. The van der Waals surface area contributed by atoms with E-state index in [2.05, 4.69) is 26.6 Å². The molecule has 0 saturated heterocycles. The van der Waals surface area contributed by atoms with Gasteiger partial charge in [0.2, 0.25) is 0 Å². The fraction of sp³-hybridized carbons (Fsp3) is 0.538. The minimum atomic E-state index is 0.386. The summed E-state index contributed by atoms with van der Waals surface area (Å²) in [5, 5.41) is 3.70. The summed E-state index contributed by atoms with van der Waals surface area (Å²) in [6, 6.07) is 0. The molecule has 0 aliphatic heterocycles. The Kier molecular flexibility index (Phi) is 2.59. The van der Waals surface area contributed by atoms with Crippen LogP contribution in [-0.4, -0.2) is 19.9 Å². The number of hydrogen-bond acceptors (Lipinski definition) is 3. The molecule has 4 heteroatoms. The smallest absolute Gasteiger partial charge is 0.155 e. The highest BCUT2D eigenvalue weighted by molar-refractivity contribution is 5.36. The van der Waals surface area contributed by atoms with Crippen molar-refractivity contribution in [3.63, 3.8) is 0 Å². The van der Waals surface area contributed by atoms with E-state index in [0.29, 0.717) is 5.54 Å². The maximum absolute atomic E-state index is 4.35. The molecule has 1 saturated carbocycles. The predicted molar refractivity (Wildman–Crippen MR) is 66.7 cm³/mol. The molecule has 0 unspecified atom stereocenters. The quantitative estimate of drug-likeness (QED) is 0.875. The van der Waals surface area contributed by atoms with Crippen molar-refractivity contribution in [2.75, 3.05) is 0 Å². The van der Waals surface area contributed by atoms with Gasteiger partial charge < -0.3 is 5.32 Å². The molecule has 0 atom stereocenters. The summed E-state index contributed by atoms with van der Waals surface area (Å²) in [5.41, 5.74) is 2.52. The van der Waals surface area contributed by atoms with E-state index in [1.165, 1.54) is 31.4 Å². The standard InChI is InChI=1S/C13H18N4/c1-2-13(4-3-5-13)16-9-11-8-15-12-10-14-6-7-17(11)12/h6-8,10,16H,2-5,9H2,1H3. The van der Waals surface area contributed by atoms with Crippen molar-refractivity contribution in [2.24, 2.45) is 0 Å². The first-order valence-electron chi connectivity index (χ1n) is 6.34. The Labute approximate surface area is 101 Å². The van der Waals surface area contributed by atoms with Crippen molar-refractivity contribution in [1.29, 1.82) is 0 Å². The molecule has 0 bridgehead atoms. The number of aromatic nitrogens is 3. The van der Waals surface area contributed by atoms with Crippen LogP contribution < -0.4 is 5.32 Å². The van der Waals surface area contributed by atoms with Crippen molar-refractivity contribution in [3.05, 3.63) is 30.5 Å². The lowest BCUT2D eigenvalue weighted by Crippen LogP contribution is -2.50. The molecule has 1 aliphatic carbocycles. The highest BCUT2D eigenvalue weighted by atomic mass is 15.1. The van der Waals surface area contributed by atoms with E-state index in [-0.39, 0.29) is 0 Å². The third-order valence-electron chi connectivity index (χ3n) is 4.03. The van der Waals surface area contributed by atoms with Gasteiger partial charge in [-0.1, -0.05) is 6.92 Å². The van der Waals surface area contributed by atoms with Gasteiger partial charge in [-0.25, -0.2) is 4.98 Å². The lowest BCUT2D eigenvalue weighted by Gasteiger charge is -2.42. The van der Waals surface area contributed by atoms with E-state index < -0.39 is 0 Å². The van der Waals surface area contributed by atoms with E-state index >= 15 is 0 Å². The van der Waals surface area contributed by atoms with Crippen molar-refractivity contribution in [2.45, 2.75) is 44.7 Å². The van der Waals surface area contributed by atoms with Gasteiger partial charge in [-0.05, 0) is 25.7 Å². The van der Waals surface area contributed by atoms with Crippen LogP contribution in [0.1, 0.15) is 38.3 Å². The van der Waals surface area contributed by atoms with Gasteiger partial charge in [0, 0.05) is 24.5 Å². The topological polar surface area (TPSA) is 42.2 Å². The van der Waals surface area contributed by atoms with E-state index in [1.54, 1.807) is 12.4 Å². The molecule has 0 radical (unpaired) electrons. The van der Waals surface area contributed by atoms with Crippen molar-refractivity contribution in [3.8, 4) is 0 Å². The number of nitrogens with zero attached hydrogens (tertiary/aromatic N) is 3. The average molecular weight is 230 g/mol. The zero-order chi connectivity index (χ0) is 11.7. The van der Waals surface area contributed by atoms with Gasteiger partial charge in [-0.2, -0.15) is 0 Å². The molecule has 1 aliphatic rings. The van der Waals surface area contributed by atoms with E-state index in [4.69, 9.17) is 0 Å². The molecule has 0 spiro atoms. The second-order valence-electron chi connectivity index (χ2n) is 4.90. The van der Waals surface area contributed by atoms with E-state index in [0.717, 1.165) is 12.2 Å². The average Bonchev–Trinajstić information content (AvgIpc) is 2.72. The van der Waals surface area contributed by atoms with Crippen LogP contribution in [0.3, 0.4) is 0 Å². The molecule has 4 nitrogen and oxygen atoms in total. The Bertz CT molecular complexity index is 507. The number of fused-ring (bicyclic) bond motifs is 1. The highest BCUT2D eigenvalue weighted by Crippen LogP contribution is 2.34. The third kappa shape index (κ3) is 1.82. The van der Waals surface area contributed by atoms with Gasteiger partial charge in [-0.3, -0.25) is 9.38 Å². The summed E-state index contributed by atoms with van der Waals surface area (Å²) < 4.78 is 2.10. The van der Waals surface area contributed by atoms with Gasteiger partial charge in [-0.15, -0.1) is 0 Å². The van der Waals surface area contributed by atoms with E-state index in [9.17, 15) is 0 Å². The van der Waals surface area contributed by atoms with Gasteiger partial charge in [0.1, 0.15) is 0 Å². The van der Waals surface area contributed by atoms with Crippen LogP contribution >= 0.6 is 0 Å². The molecule has 17 heavy (non-hydrogen) atoms. The maximum Gasteiger partial charge on any atom is 0.155 e. The summed E-state index contributed by atoms with van der Waals surface area (Å²) in [5.74, 6) is 0. The van der Waals surface area contributed by atoms with Crippen LogP contribution in [0.15, 0.2) is 24.8 Å². The minimum absolute atomic E-state index is 0.386. The number of nitrogens with one attached hydrogen (secondary N) is 1. The maximum atomic E-state index is 4.35. The molecular formula is C13H18N4. The summed E-state index contributed by atoms with van der Waals surface area (Å²) >= 11 is 0. The number of rotatable bonds is 4. The number of hydrogen-bond donors (Lipinski definition) is 1. The van der Waals surface area contributed by atoms with Crippen LogP contribution in [0.25, 0.3) is 5.65 Å². The molecule has 2 aromatic rings. The minimum Gasteiger partial charge on any atom is -0.306 e. The van der Waals surface area contributed by atoms with Gasteiger partial charge in [0.15, 0.2) is 5.65 Å². The Morgan fingerprint density at radius 1 is 1.41 bits per heavy atom. The largest absolute Gasteiger partial charge is 0.306 e. The first kappa shape index (κ1) is 10.7. The summed E-state index contributed by atoms with van der Waals surface area (Å²) in [6.07, 6.45) is 12.7. The summed E-state index contributed by atoms with van der Waals surface area (Å²) in [4.78, 5) is 8.42. The van der Waals surface area contributed by atoms with Crippen molar-refractivity contribution in [1.82, 2.24) is 19.7 Å². The van der Waals surface area contributed by atoms with Crippen LogP contribution in [-0.2, 0) is 6.54 Å². The fourth-order valence-electron chi connectivity index (χ4n) is 2.56. The Morgan fingerprint density at radius 3 is 3.00 bits per heavy atom. The second kappa shape index (κ2) is 4.11. The van der Waals surface area contributed by atoms with Crippen LogP contribution in [0.5, 0.6) is 0 Å². The van der Waals surface area contributed by atoms with Gasteiger partial charge >= 0.3 is 0 Å². The predicted octanol–water partition coefficient (Wildman–Crippen LogP) is 2.15. The monoisotopic (exact) mass is 230 g/mol. The Hall–Kier alpha value is -1.42. The first-order chi connectivity index (χ1) is 8.33. The van der Waals surface area contributed by atoms with Crippen LogP contribution in [0, 0.1) is 0 Å². The molecule has 1 N–H and O–H groups in total. The molecule has 0 aromatic carbocycles. The van der Waals surface area contributed by atoms with Gasteiger partial charge in [0.25, 0.3) is 0 Å². The molecule has 90 valence electrons. The first-order valence-corrected chi connectivity index (χ1v) is 6.34. The normalized spacial score (nSPS) is 18.2. The molecule has 2 heterocycles. The summed E-state index contributed by atoms with van der Waals surface area (Å²) in [7, 11) is 0. The lowest BCUT2D eigenvalue weighted by atomic mass is 9.75. The number of imidazole rings is 1. The lowest BCUT2D eigenvalue weighted by molar-refractivity contribution is 0.174. The molecular weight excluding hydrogens is 212 g/mol. The van der Waals surface area contributed by atoms with Crippen molar-refractivity contribution >= 4 is 5.65 Å². The Balaban J connectivity index is 1.77. The molecule has 2 aromatic heterocycles. The molecule has 3 rings (SSSR count). The second-order valence-corrected chi connectivity index (χ2v) is 4.90. The van der Waals surface area contributed by atoms with Gasteiger partial charge in [0.05, 0.1) is 18.1 Å². The summed E-state index contributed by atoms with van der Waals surface area (Å²) in [6.45, 7) is 3.16. The van der Waals surface area contributed by atoms with Crippen molar-refractivity contribution < 1.29 is 0 Å². The molecule has 1 fully saturated rings. The third-order valence-corrected chi connectivity index (χ3v) is 4.03. The molecule has 0 amide bonds. The zero-order valence-electron chi connectivity index (χ0n) is 10.2. The van der Waals surface area contributed by atoms with Crippen LogP contribution in [0.4, 0.5) is 0 Å². The zero-order valence-corrected chi connectivity index (χ0v) is 10.2. The van der Waals surface area contributed by atoms with E-state index in [1.807, 2.05) is 12.4 Å². The van der Waals surface area contributed by atoms with Crippen LogP contribution in [0.2, 0.25) is 0 Å².